The maximum absolute atomic E-state index is 7.28. The Labute approximate surface area is 76.3 Å². The summed E-state index contributed by atoms with van der Waals surface area (Å²) in [5, 5.41) is 7.28. The summed E-state index contributed by atoms with van der Waals surface area (Å²) >= 11 is 0. The van der Waals surface area contributed by atoms with Gasteiger partial charge in [-0.1, -0.05) is 12.1 Å². The second-order valence-corrected chi connectivity index (χ2v) is 2.94. The summed E-state index contributed by atoms with van der Waals surface area (Å²) in [5.41, 5.74) is 8.34. The van der Waals surface area contributed by atoms with Crippen molar-refractivity contribution in [2.75, 3.05) is 0 Å². The molecule has 3 nitrogen and oxygen atoms in total. The van der Waals surface area contributed by atoms with Gasteiger partial charge in [-0.3, -0.25) is 5.41 Å². The number of hydrogen-bond acceptors (Lipinski definition) is 2. The Morgan fingerprint density at radius 2 is 2.31 bits per heavy atom. The number of nitrogens with one attached hydrogen (secondary N) is 1. The van der Waals surface area contributed by atoms with E-state index in [2.05, 4.69) is 0 Å². The third kappa shape index (κ3) is 1.40. The normalized spacial score (nSPS) is 13.2. The van der Waals surface area contributed by atoms with E-state index in [0.717, 1.165) is 16.7 Å². The Morgan fingerprint density at radius 3 is 3.08 bits per heavy atom. The molecule has 1 aromatic rings. The summed E-state index contributed by atoms with van der Waals surface area (Å²) in [6.45, 7) is 0.601. The molecule has 1 aliphatic rings. The summed E-state index contributed by atoms with van der Waals surface area (Å²) in [6.07, 6.45) is 3.54. The monoisotopic (exact) mass is 174 g/mol. The number of amidine groups is 1. The van der Waals surface area contributed by atoms with Crippen LogP contribution in [-0.2, 0) is 11.3 Å². The molecule has 66 valence electrons. The second kappa shape index (κ2) is 2.94. The molecular weight excluding hydrogens is 164 g/mol. The van der Waals surface area contributed by atoms with Crippen molar-refractivity contribution < 1.29 is 4.74 Å². The van der Waals surface area contributed by atoms with Gasteiger partial charge in [0.05, 0.1) is 6.26 Å². The van der Waals surface area contributed by atoms with Crippen molar-refractivity contribution in [3.8, 4) is 0 Å². The quantitative estimate of drug-likeness (QED) is 0.500. The Bertz CT molecular complexity index is 383. The molecule has 3 N–H and O–H groups in total. The summed E-state index contributed by atoms with van der Waals surface area (Å²) < 4.78 is 5.13. The van der Waals surface area contributed by atoms with Crippen molar-refractivity contribution in [3.63, 3.8) is 0 Å². The number of benzene rings is 1. The molecule has 3 heteroatoms. The van der Waals surface area contributed by atoms with Gasteiger partial charge in [0, 0.05) is 5.56 Å². The van der Waals surface area contributed by atoms with E-state index < -0.39 is 0 Å². The predicted octanol–water partition coefficient (Wildman–Crippen LogP) is 1.47. The molecule has 0 spiro atoms. The molecule has 0 saturated carbocycles. The largest absolute Gasteiger partial charge is 0.496 e. The van der Waals surface area contributed by atoms with E-state index in [-0.39, 0.29) is 5.84 Å². The zero-order valence-electron chi connectivity index (χ0n) is 7.08. The fraction of sp³-hybridized carbons (Fsp3) is 0.100. The van der Waals surface area contributed by atoms with Crippen molar-refractivity contribution in [2.24, 2.45) is 5.73 Å². The highest BCUT2D eigenvalue weighted by Crippen LogP contribution is 2.18. The van der Waals surface area contributed by atoms with Crippen molar-refractivity contribution in [1.82, 2.24) is 0 Å². The van der Waals surface area contributed by atoms with Gasteiger partial charge in [-0.2, -0.15) is 0 Å². The molecule has 0 radical (unpaired) electrons. The smallest absolute Gasteiger partial charge is 0.122 e. The molecule has 0 unspecified atom stereocenters. The highest BCUT2D eigenvalue weighted by atomic mass is 16.5. The van der Waals surface area contributed by atoms with Crippen molar-refractivity contribution in [2.45, 2.75) is 6.61 Å². The molecule has 1 heterocycles. The van der Waals surface area contributed by atoms with Crippen LogP contribution in [0.4, 0.5) is 0 Å². The number of ether oxygens (including phenoxy) is 1. The zero-order valence-corrected chi connectivity index (χ0v) is 7.08. The van der Waals surface area contributed by atoms with Crippen LogP contribution in [0.2, 0.25) is 0 Å². The molecule has 1 aliphatic heterocycles. The number of hydrogen-bond donors (Lipinski definition) is 2. The number of nitrogens with two attached hydrogens (primary N) is 1. The Morgan fingerprint density at radius 1 is 1.46 bits per heavy atom. The standard InChI is InChI=1S/C10H10N2O/c11-10(12)8-1-2-9-6-13-4-3-7(9)5-8/h1-5H,6H2,(H3,11,12). The Kier molecular flexibility index (Phi) is 1.77. The summed E-state index contributed by atoms with van der Waals surface area (Å²) in [6, 6.07) is 5.68. The Hall–Kier alpha value is -1.77. The lowest BCUT2D eigenvalue weighted by molar-refractivity contribution is 0.234. The van der Waals surface area contributed by atoms with Crippen LogP contribution in [0.25, 0.3) is 6.08 Å². The molecule has 1 aromatic carbocycles. The molecule has 0 aromatic heterocycles. The third-order valence-corrected chi connectivity index (χ3v) is 2.04. The van der Waals surface area contributed by atoms with Crippen LogP contribution in [0, 0.1) is 5.41 Å². The second-order valence-electron chi connectivity index (χ2n) is 2.94. The van der Waals surface area contributed by atoms with Gasteiger partial charge in [-0.25, -0.2) is 0 Å². The van der Waals surface area contributed by atoms with Crippen molar-refractivity contribution in [3.05, 3.63) is 41.2 Å². The molecule has 0 bridgehead atoms. The van der Waals surface area contributed by atoms with Crippen LogP contribution in [-0.4, -0.2) is 5.84 Å². The lowest BCUT2D eigenvalue weighted by Gasteiger charge is -2.12. The summed E-state index contributed by atoms with van der Waals surface area (Å²) in [5.74, 6) is 0.0997. The van der Waals surface area contributed by atoms with Crippen LogP contribution >= 0.6 is 0 Å². The first-order valence-electron chi connectivity index (χ1n) is 4.03. The van der Waals surface area contributed by atoms with E-state index in [1.807, 2.05) is 24.3 Å². The van der Waals surface area contributed by atoms with Crippen LogP contribution in [0.3, 0.4) is 0 Å². The van der Waals surface area contributed by atoms with Gasteiger partial charge < -0.3 is 10.5 Å². The maximum atomic E-state index is 7.28. The van der Waals surface area contributed by atoms with Gasteiger partial charge >= 0.3 is 0 Å². The van der Waals surface area contributed by atoms with Crippen molar-refractivity contribution in [1.29, 1.82) is 5.41 Å². The molecule has 0 atom stereocenters. The SMILES string of the molecule is N=C(N)c1ccc2c(c1)C=COC2. The summed E-state index contributed by atoms with van der Waals surface area (Å²) in [7, 11) is 0. The summed E-state index contributed by atoms with van der Waals surface area (Å²) in [4.78, 5) is 0. The van der Waals surface area contributed by atoms with Crippen LogP contribution in [0.5, 0.6) is 0 Å². The third-order valence-electron chi connectivity index (χ3n) is 2.04. The molecule has 2 rings (SSSR count). The molecule has 0 amide bonds. The number of fused-ring (bicyclic) bond motifs is 1. The molecule has 13 heavy (non-hydrogen) atoms. The number of nitrogen functional groups attached to an aromatic ring is 1. The maximum Gasteiger partial charge on any atom is 0.122 e. The highest BCUT2D eigenvalue weighted by molar-refractivity contribution is 5.95. The van der Waals surface area contributed by atoms with E-state index in [1.54, 1.807) is 6.26 Å². The Balaban J connectivity index is 2.48. The molecular formula is C10H10N2O. The molecule has 0 saturated heterocycles. The van der Waals surface area contributed by atoms with Crippen LogP contribution in [0.1, 0.15) is 16.7 Å². The van der Waals surface area contributed by atoms with Gasteiger partial charge in [0.15, 0.2) is 0 Å². The fourth-order valence-electron chi connectivity index (χ4n) is 1.31. The lowest BCUT2D eigenvalue weighted by Crippen LogP contribution is -2.11. The average molecular weight is 174 g/mol. The first-order chi connectivity index (χ1) is 6.27. The fourth-order valence-corrected chi connectivity index (χ4v) is 1.31. The topological polar surface area (TPSA) is 59.1 Å². The van der Waals surface area contributed by atoms with Gasteiger partial charge in [-0.15, -0.1) is 0 Å². The first kappa shape index (κ1) is 7.86. The highest BCUT2D eigenvalue weighted by Gasteiger charge is 2.06. The van der Waals surface area contributed by atoms with Gasteiger partial charge in [-0.05, 0) is 23.3 Å². The minimum absolute atomic E-state index is 0.0997. The molecule has 0 aliphatic carbocycles. The minimum Gasteiger partial charge on any atom is -0.496 e. The minimum atomic E-state index is 0.0997. The van der Waals surface area contributed by atoms with Crippen LogP contribution < -0.4 is 5.73 Å². The van der Waals surface area contributed by atoms with Gasteiger partial charge in [0.25, 0.3) is 0 Å². The van der Waals surface area contributed by atoms with E-state index in [0.29, 0.717) is 6.61 Å². The predicted molar refractivity (Wildman–Crippen MR) is 51.3 cm³/mol. The lowest BCUT2D eigenvalue weighted by atomic mass is 10.0. The van der Waals surface area contributed by atoms with E-state index in [4.69, 9.17) is 15.9 Å². The zero-order chi connectivity index (χ0) is 9.26. The number of rotatable bonds is 1. The van der Waals surface area contributed by atoms with E-state index in [1.165, 1.54) is 0 Å². The molecule has 0 fully saturated rings. The van der Waals surface area contributed by atoms with E-state index >= 15 is 0 Å². The van der Waals surface area contributed by atoms with E-state index in [9.17, 15) is 0 Å². The van der Waals surface area contributed by atoms with Gasteiger partial charge in [0.2, 0.25) is 0 Å². The van der Waals surface area contributed by atoms with Gasteiger partial charge in [0.1, 0.15) is 12.4 Å². The van der Waals surface area contributed by atoms with Crippen LogP contribution in [0.15, 0.2) is 24.5 Å². The average Bonchev–Trinajstić information content (AvgIpc) is 2.17. The first-order valence-corrected chi connectivity index (χ1v) is 4.03. The van der Waals surface area contributed by atoms with Crippen molar-refractivity contribution >= 4 is 11.9 Å².